The van der Waals surface area contributed by atoms with Gasteiger partial charge in [0.1, 0.15) is 11.6 Å². The molecule has 78 valence electrons. The van der Waals surface area contributed by atoms with E-state index in [-0.39, 0.29) is 5.82 Å². The summed E-state index contributed by atoms with van der Waals surface area (Å²) in [6.07, 6.45) is 0.741. The van der Waals surface area contributed by atoms with Crippen LogP contribution < -0.4 is 4.74 Å². The minimum atomic E-state index is -0.234. The number of benzene rings is 1. The molecule has 0 fully saturated rings. The molecule has 1 aromatic carbocycles. The van der Waals surface area contributed by atoms with Gasteiger partial charge in [-0.2, -0.15) is 0 Å². The molecule has 3 heteroatoms. The summed E-state index contributed by atoms with van der Waals surface area (Å²) in [5.74, 6) is 1.39. The Bertz CT molecular complexity index is 301. The number of methoxy groups -OCH3 is 1. The molecule has 0 N–H and O–H groups in total. The van der Waals surface area contributed by atoms with Crippen LogP contribution in [-0.4, -0.2) is 13.0 Å². The molecule has 1 nitrogen and oxygen atoms in total. The zero-order valence-corrected chi connectivity index (χ0v) is 9.14. The molecule has 1 atom stereocenters. The van der Waals surface area contributed by atoms with Crippen molar-refractivity contribution in [3.63, 3.8) is 0 Å². The van der Waals surface area contributed by atoms with E-state index in [0.717, 1.165) is 17.7 Å². The van der Waals surface area contributed by atoms with E-state index in [1.54, 1.807) is 13.2 Å². The number of hydrogen-bond acceptors (Lipinski definition) is 1. The van der Waals surface area contributed by atoms with Gasteiger partial charge in [0, 0.05) is 5.88 Å². The summed E-state index contributed by atoms with van der Waals surface area (Å²) >= 11 is 5.70. The molecule has 1 rings (SSSR count). The van der Waals surface area contributed by atoms with E-state index in [9.17, 15) is 4.39 Å². The van der Waals surface area contributed by atoms with Gasteiger partial charge in [0.05, 0.1) is 7.11 Å². The lowest BCUT2D eigenvalue weighted by molar-refractivity contribution is 0.405. The van der Waals surface area contributed by atoms with E-state index in [0.29, 0.717) is 11.8 Å². The van der Waals surface area contributed by atoms with Gasteiger partial charge in [-0.1, -0.05) is 6.92 Å². The third kappa shape index (κ3) is 2.88. The molecule has 0 saturated carbocycles. The Labute approximate surface area is 88.8 Å². The van der Waals surface area contributed by atoms with Crippen LogP contribution in [-0.2, 0) is 6.42 Å². The Morgan fingerprint density at radius 1 is 1.50 bits per heavy atom. The van der Waals surface area contributed by atoms with Gasteiger partial charge in [-0.05, 0) is 36.1 Å². The molecule has 0 spiro atoms. The van der Waals surface area contributed by atoms with Crippen molar-refractivity contribution in [3.8, 4) is 5.75 Å². The van der Waals surface area contributed by atoms with Crippen molar-refractivity contribution in [2.24, 2.45) is 5.92 Å². The number of halogens is 2. The van der Waals surface area contributed by atoms with Gasteiger partial charge >= 0.3 is 0 Å². The second-order valence-corrected chi connectivity index (χ2v) is 3.73. The van der Waals surface area contributed by atoms with Crippen molar-refractivity contribution in [2.45, 2.75) is 13.3 Å². The average Bonchev–Trinajstić information content (AvgIpc) is 2.18. The second kappa shape index (κ2) is 5.20. The van der Waals surface area contributed by atoms with Crippen LogP contribution in [0.2, 0.25) is 0 Å². The van der Waals surface area contributed by atoms with Crippen LogP contribution in [0.15, 0.2) is 18.2 Å². The highest BCUT2D eigenvalue weighted by Gasteiger charge is 2.08. The van der Waals surface area contributed by atoms with E-state index in [4.69, 9.17) is 16.3 Å². The van der Waals surface area contributed by atoms with Crippen molar-refractivity contribution >= 4 is 11.6 Å². The van der Waals surface area contributed by atoms with Gasteiger partial charge < -0.3 is 4.74 Å². The molecule has 14 heavy (non-hydrogen) atoms. The summed E-state index contributed by atoms with van der Waals surface area (Å²) < 4.78 is 18.1. The largest absolute Gasteiger partial charge is 0.496 e. The van der Waals surface area contributed by atoms with Crippen LogP contribution in [0.4, 0.5) is 4.39 Å². The molecule has 0 aliphatic rings. The lowest BCUT2D eigenvalue weighted by Crippen LogP contribution is -2.03. The highest BCUT2D eigenvalue weighted by Crippen LogP contribution is 2.22. The van der Waals surface area contributed by atoms with Crippen molar-refractivity contribution < 1.29 is 9.13 Å². The van der Waals surface area contributed by atoms with Crippen LogP contribution in [0.3, 0.4) is 0 Å². The third-order valence-corrected chi connectivity index (χ3v) is 2.60. The van der Waals surface area contributed by atoms with E-state index in [1.807, 2.05) is 6.92 Å². The fourth-order valence-electron chi connectivity index (χ4n) is 1.34. The van der Waals surface area contributed by atoms with Crippen LogP contribution in [0.5, 0.6) is 5.75 Å². The van der Waals surface area contributed by atoms with Crippen molar-refractivity contribution in [1.82, 2.24) is 0 Å². The molecular weight excluding hydrogens is 203 g/mol. The molecule has 0 aliphatic heterocycles. The monoisotopic (exact) mass is 216 g/mol. The fourth-order valence-corrected chi connectivity index (χ4v) is 1.45. The first-order valence-corrected chi connectivity index (χ1v) is 5.09. The Kier molecular flexibility index (Phi) is 4.21. The smallest absolute Gasteiger partial charge is 0.123 e. The van der Waals surface area contributed by atoms with Gasteiger partial charge in [-0.25, -0.2) is 4.39 Å². The standard InChI is InChI=1S/C11H14ClFO/c1-8(7-12)5-9-6-10(13)3-4-11(9)14-2/h3-4,6,8H,5,7H2,1-2H3. The maximum atomic E-state index is 12.9. The highest BCUT2D eigenvalue weighted by atomic mass is 35.5. The normalized spacial score (nSPS) is 12.6. The van der Waals surface area contributed by atoms with Crippen LogP contribution in [0.1, 0.15) is 12.5 Å². The SMILES string of the molecule is COc1ccc(F)cc1CC(C)CCl. The summed E-state index contributed by atoms with van der Waals surface area (Å²) in [7, 11) is 1.59. The first-order chi connectivity index (χ1) is 6.67. The van der Waals surface area contributed by atoms with E-state index in [2.05, 4.69) is 0 Å². The van der Waals surface area contributed by atoms with Gasteiger partial charge in [-0.15, -0.1) is 11.6 Å². The van der Waals surface area contributed by atoms with E-state index >= 15 is 0 Å². The summed E-state index contributed by atoms with van der Waals surface area (Å²) in [6.45, 7) is 2.03. The predicted molar refractivity (Wildman–Crippen MR) is 56.5 cm³/mol. The summed E-state index contributed by atoms with van der Waals surface area (Å²) in [5.41, 5.74) is 0.876. The molecule has 0 bridgehead atoms. The topological polar surface area (TPSA) is 9.23 Å². The van der Waals surface area contributed by atoms with Crippen LogP contribution >= 0.6 is 11.6 Å². The molecule has 1 aromatic rings. The average molecular weight is 217 g/mol. The Hall–Kier alpha value is -0.760. The minimum Gasteiger partial charge on any atom is -0.496 e. The second-order valence-electron chi connectivity index (χ2n) is 3.42. The highest BCUT2D eigenvalue weighted by molar-refractivity contribution is 6.18. The maximum absolute atomic E-state index is 12.9. The van der Waals surface area contributed by atoms with Gasteiger partial charge in [-0.3, -0.25) is 0 Å². The molecule has 0 saturated heterocycles. The Morgan fingerprint density at radius 3 is 2.79 bits per heavy atom. The van der Waals surface area contributed by atoms with E-state index in [1.165, 1.54) is 12.1 Å². The summed E-state index contributed by atoms with van der Waals surface area (Å²) in [6, 6.07) is 4.54. The molecule has 0 amide bonds. The Balaban J connectivity index is 2.87. The summed E-state index contributed by atoms with van der Waals surface area (Å²) in [5, 5.41) is 0. The predicted octanol–water partition coefficient (Wildman–Crippen LogP) is 3.25. The fraction of sp³-hybridized carbons (Fsp3) is 0.455. The van der Waals surface area contributed by atoms with Crippen molar-refractivity contribution in [3.05, 3.63) is 29.6 Å². The van der Waals surface area contributed by atoms with Crippen LogP contribution in [0, 0.1) is 11.7 Å². The lowest BCUT2D eigenvalue weighted by atomic mass is 10.0. The third-order valence-electron chi connectivity index (χ3n) is 2.07. The van der Waals surface area contributed by atoms with Crippen molar-refractivity contribution in [2.75, 3.05) is 13.0 Å². The first-order valence-electron chi connectivity index (χ1n) is 4.55. The number of ether oxygens (including phenoxy) is 1. The quantitative estimate of drug-likeness (QED) is 0.702. The van der Waals surface area contributed by atoms with Gasteiger partial charge in [0.2, 0.25) is 0 Å². The Morgan fingerprint density at radius 2 is 2.21 bits per heavy atom. The van der Waals surface area contributed by atoms with Crippen molar-refractivity contribution in [1.29, 1.82) is 0 Å². The van der Waals surface area contributed by atoms with Gasteiger partial charge in [0.25, 0.3) is 0 Å². The zero-order valence-electron chi connectivity index (χ0n) is 8.39. The molecular formula is C11H14ClFO. The molecule has 0 aliphatic carbocycles. The van der Waals surface area contributed by atoms with E-state index < -0.39 is 0 Å². The summed E-state index contributed by atoms with van der Waals surface area (Å²) in [4.78, 5) is 0. The number of rotatable bonds is 4. The first kappa shape index (κ1) is 11.3. The zero-order chi connectivity index (χ0) is 10.6. The van der Waals surface area contributed by atoms with Crippen LogP contribution in [0.25, 0.3) is 0 Å². The molecule has 0 aromatic heterocycles. The number of alkyl halides is 1. The molecule has 0 heterocycles. The minimum absolute atomic E-state index is 0.234. The lowest BCUT2D eigenvalue weighted by Gasteiger charge is -2.11. The molecule has 1 unspecified atom stereocenters. The maximum Gasteiger partial charge on any atom is 0.123 e. The van der Waals surface area contributed by atoms with Gasteiger partial charge in [0.15, 0.2) is 0 Å². The molecule has 0 radical (unpaired) electrons. The number of hydrogen-bond donors (Lipinski definition) is 0.